The lowest BCUT2D eigenvalue weighted by atomic mass is 10.1. The Labute approximate surface area is 203 Å². The fraction of sp³-hybridized carbons (Fsp3) is 0.185. The first-order valence-electron chi connectivity index (χ1n) is 11.1. The van der Waals surface area contributed by atoms with Gasteiger partial charge in [-0.05, 0) is 30.7 Å². The van der Waals surface area contributed by atoms with E-state index in [9.17, 15) is 9.18 Å². The Morgan fingerprint density at radius 3 is 2.41 bits per heavy atom. The third-order valence-electron chi connectivity index (χ3n) is 5.41. The zero-order valence-electron chi connectivity index (χ0n) is 19.0. The number of hydrogen-bond acceptors (Lipinski definition) is 3. The van der Waals surface area contributed by atoms with Gasteiger partial charge in [-0.1, -0.05) is 73.1 Å². The molecular formula is C27H25ClFN3O2. The van der Waals surface area contributed by atoms with Gasteiger partial charge in [-0.3, -0.25) is 4.79 Å². The maximum absolute atomic E-state index is 14.4. The molecule has 0 aliphatic heterocycles. The van der Waals surface area contributed by atoms with E-state index in [1.165, 1.54) is 12.1 Å². The first-order chi connectivity index (χ1) is 16.5. The van der Waals surface area contributed by atoms with Crippen LogP contribution in [0.1, 0.15) is 29.3 Å². The quantitative estimate of drug-likeness (QED) is 0.283. The molecule has 0 bridgehead atoms. The Hall–Kier alpha value is -3.64. The highest BCUT2D eigenvalue weighted by atomic mass is 35.5. The molecule has 0 aliphatic carbocycles. The molecule has 3 aromatic carbocycles. The number of hydrogen-bond donors (Lipinski definition) is 0. The Morgan fingerprint density at radius 1 is 1.03 bits per heavy atom. The Morgan fingerprint density at radius 2 is 1.71 bits per heavy atom. The van der Waals surface area contributed by atoms with Gasteiger partial charge in [0.05, 0.1) is 22.7 Å². The minimum absolute atomic E-state index is 0.0367. The lowest BCUT2D eigenvalue weighted by Crippen LogP contribution is -2.32. The van der Waals surface area contributed by atoms with E-state index in [1.807, 2.05) is 49.4 Å². The van der Waals surface area contributed by atoms with Crippen LogP contribution in [0.25, 0.3) is 11.3 Å². The van der Waals surface area contributed by atoms with Crippen LogP contribution in [0.2, 0.25) is 5.02 Å². The number of carbonyl (C=O) groups excluding carboxylic acids is 1. The second-order valence-corrected chi connectivity index (χ2v) is 8.27. The average Bonchev–Trinajstić information content (AvgIpc) is 3.15. The van der Waals surface area contributed by atoms with Crippen molar-refractivity contribution in [1.29, 1.82) is 0 Å². The van der Waals surface area contributed by atoms with E-state index < -0.39 is 5.82 Å². The van der Waals surface area contributed by atoms with E-state index in [1.54, 1.807) is 40.9 Å². The molecule has 0 unspecified atom stereocenters. The van der Waals surface area contributed by atoms with Crippen LogP contribution in [0.4, 0.5) is 4.39 Å². The normalized spacial score (nSPS) is 10.8. The third kappa shape index (κ3) is 4.97. The van der Waals surface area contributed by atoms with E-state index in [2.05, 4.69) is 0 Å². The van der Waals surface area contributed by atoms with Crippen molar-refractivity contribution < 1.29 is 13.9 Å². The van der Waals surface area contributed by atoms with E-state index in [4.69, 9.17) is 21.4 Å². The summed E-state index contributed by atoms with van der Waals surface area (Å²) in [6, 6.07) is 22.9. The summed E-state index contributed by atoms with van der Waals surface area (Å²) in [7, 11) is 1.78. The van der Waals surface area contributed by atoms with E-state index >= 15 is 0 Å². The summed E-state index contributed by atoms with van der Waals surface area (Å²) in [5, 5.41) is 5.17. The third-order valence-corrected chi connectivity index (χ3v) is 5.72. The van der Waals surface area contributed by atoms with Crippen molar-refractivity contribution in [1.82, 2.24) is 14.7 Å². The van der Waals surface area contributed by atoms with Gasteiger partial charge in [-0.2, -0.15) is 5.10 Å². The molecule has 34 heavy (non-hydrogen) atoms. The van der Waals surface area contributed by atoms with Crippen LogP contribution in [0.3, 0.4) is 0 Å². The maximum atomic E-state index is 14.4. The minimum Gasteiger partial charge on any atom is -0.437 e. The molecule has 1 heterocycles. The van der Waals surface area contributed by atoms with E-state index in [-0.39, 0.29) is 18.0 Å². The molecular weight excluding hydrogens is 453 g/mol. The first kappa shape index (κ1) is 23.5. The number of halogens is 2. The highest BCUT2D eigenvalue weighted by molar-refractivity contribution is 6.32. The fourth-order valence-electron chi connectivity index (χ4n) is 3.80. The van der Waals surface area contributed by atoms with Gasteiger partial charge < -0.3 is 9.64 Å². The van der Waals surface area contributed by atoms with Crippen LogP contribution in [-0.4, -0.2) is 27.1 Å². The highest BCUT2D eigenvalue weighted by Crippen LogP contribution is 2.36. The monoisotopic (exact) mass is 477 g/mol. The summed E-state index contributed by atoms with van der Waals surface area (Å²) in [5.74, 6) is 0.0204. The Balaban J connectivity index is 1.79. The molecule has 0 saturated carbocycles. The molecule has 0 spiro atoms. The van der Waals surface area contributed by atoms with E-state index in [0.29, 0.717) is 40.9 Å². The molecule has 174 valence electrons. The lowest BCUT2D eigenvalue weighted by Gasteiger charge is -2.23. The highest BCUT2D eigenvalue weighted by Gasteiger charge is 2.26. The molecule has 0 fully saturated rings. The van der Waals surface area contributed by atoms with Crippen molar-refractivity contribution in [3.05, 3.63) is 101 Å². The number of rotatable bonds is 8. The average molecular weight is 478 g/mol. The molecule has 0 N–H and O–H groups in total. The molecule has 0 saturated heterocycles. The van der Waals surface area contributed by atoms with Gasteiger partial charge in [0.15, 0.2) is 0 Å². The molecule has 1 amide bonds. The molecule has 1 aromatic heterocycles. The van der Waals surface area contributed by atoms with Crippen LogP contribution in [0.15, 0.2) is 78.9 Å². The molecule has 4 aromatic rings. The van der Waals surface area contributed by atoms with Crippen molar-refractivity contribution in [3.8, 4) is 22.9 Å². The molecule has 4 rings (SSSR count). The number of benzene rings is 3. The number of aryl methyl sites for hydroxylation is 1. The van der Waals surface area contributed by atoms with E-state index in [0.717, 1.165) is 5.56 Å². The molecule has 0 aliphatic rings. The van der Waals surface area contributed by atoms with Gasteiger partial charge in [0.1, 0.15) is 17.3 Å². The maximum Gasteiger partial charge on any atom is 0.257 e. The number of nitrogens with zero attached hydrogens (tertiary/aromatic N) is 3. The van der Waals surface area contributed by atoms with Crippen molar-refractivity contribution in [3.63, 3.8) is 0 Å². The summed E-state index contributed by atoms with van der Waals surface area (Å²) in [4.78, 5) is 15.0. The van der Waals surface area contributed by atoms with Gasteiger partial charge in [0, 0.05) is 19.2 Å². The van der Waals surface area contributed by atoms with Crippen LogP contribution in [0, 0.1) is 5.82 Å². The van der Waals surface area contributed by atoms with Crippen molar-refractivity contribution in [2.24, 2.45) is 7.05 Å². The second kappa shape index (κ2) is 10.5. The van der Waals surface area contributed by atoms with Gasteiger partial charge >= 0.3 is 0 Å². The molecule has 0 atom stereocenters. The number of para-hydroxylation sites is 1. The van der Waals surface area contributed by atoms with Gasteiger partial charge in [-0.15, -0.1) is 0 Å². The number of aromatic nitrogens is 2. The van der Waals surface area contributed by atoms with Crippen molar-refractivity contribution in [2.75, 3.05) is 6.54 Å². The van der Waals surface area contributed by atoms with Crippen LogP contribution >= 0.6 is 11.6 Å². The minimum atomic E-state index is -0.546. The van der Waals surface area contributed by atoms with Gasteiger partial charge in [-0.25, -0.2) is 9.07 Å². The first-order valence-corrected chi connectivity index (χ1v) is 11.4. The fourth-order valence-corrected chi connectivity index (χ4v) is 3.97. The van der Waals surface area contributed by atoms with Gasteiger partial charge in [0.2, 0.25) is 5.88 Å². The number of carbonyl (C=O) groups is 1. The van der Waals surface area contributed by atoms with Crippen LogP contribution in [0.5, 0.6) is 11.6 Å². The molecule has 5 nitrogen and oxygen atoms in total. The molecule has 7 heteroatoms. The Kier molecular flexibility index (Phi) is 7.28. The summed E-state index contributed by atoms with van der Waals surface area (Å²) >= 11 is 6.35. The predicted molar refractivity (Wildman–Crippen MR) is 132 cm³/mol. The number of ether oxygens (including phenoxy) is 1. The van der Waals surface area contributed by atoms with Crippen molar-refractivity contribution >= 4 is 17.5 Å². The standard InChI is InChI=1S/C27H25ClFN3O2/c1-3-17-32(26(33)20-13-7-9-15-23(20)29)18-21-25(19-11-5-4-6-12-19)30-31(2)27(21)34-24-16-10-8-14-22(24)28/h4-16H,3,17-18H2,1-2H3. The summed E-state index contributed by atoms with van der Waals surface area (Å²) < 4.78 is 22.3. The van der Waals surface area contributed by atoms with Gasteiger partial charge in [0.25, 0.3) is 5.91 Å². The molecule has 0 radical (unpaired) electrons. The summed E-state index contributed by atoms with van der Waals surface area (Å²) in [6.45, 7) is 2.62. The largest absolute Gasteiger partial charge is 0.437 e. The zero-order chi connectivity index (χ0) is 24.1. The zero-order valence-corrected chi connectivity index (χ0v) is 19.8. The topological polar surface area (TPSA) is 47.4 Å². The van der Waals surface area contributed by atoms with Crippen molar-refractivity contribution in [2.45, 2.75) is 19.9 Å². The second-order valence-electron chi connectivity index (χ2n) is 7.86. The SMILES string of the molecule is CCCN(Cc1c(-c2ccccc2)nn(C)c1Oc1ccccc1Cl)C(=O)c1ccccc1F. The Bertz CT molecular complexity index is 1290. The lowest BCUT2D eigenvalue weighted by molar-refractivity contribution is 0.0738. The van der Waals surface area contributed by atoms with Crippen LogP contribution < -0.4 is 4.74 Å². The number of amides is 1. The predicted octanol–water partition coefficient (Wildman–Crippen LogP) is 6.72. The smallest absolute Gasteiger partial charge is 0.257 e. The van der Waals surface area contributed by atoms with Crippen LogP contribution in [-0.2, 0) is 13.6 Å². The summed E-state index contributed by atoms with van der Waals surface area (Å²) in [6.07, 6.45) is 0.710. The summed E-state index contributed by atoms with van der Waals surface area (Å²) in [5.41, 5.74) is 2.32.